The lowest BCUT2D eigenvalue weighted by Gasteiger charge is -2.34. The van der Waals surface area contributed by atoms with Gasteiger partial charge in [0.15, 0.2) is 0 Å². The summed E-state index contributed by atoms with van der Waals surface area (Å²) in [6.07, 6.45) is 2.63. The highest BCUT2D eigenvalue weighted by molar-refractivity contribution is 6.07. The zero-order valence-electron chi connectivity index (χ0n) is 9.98. The average molecular weight is 248 g/mol. The smallest absolute Gasteiger partial charge is 0.322 e. The summed E-state index contributed by atoms with van der Waals surface area (Å²) in [5.41, 5.74) is 0.462. The van der Waals surface area contributed by atoms with Gasteiger partial charge in [-0.2, -0.15) is 0 Å². The largest absolute Gasteiger partial charge is 0.392 e. The molecule has 3 amide bonds. The van der Waals surface area contributed by atoms with Crippen LogP contribution < -0.4 is 10.6 Å². The zero-order valence-corrected chi connectivity index (χ0v) is 9.98. The van der Waals surface area contributed by atoms with E-state index in [1.807, 2.05) is 30.3 Å². The van der Waals surface area contributed by atoms with E-state index in [4.69, 9.17) is 5.11 Å². The van der Waals surface area contributed by atoms with E-state index in [0.29, 0.717) is 0 Å². The first-order valence-electron chi connectivity index (χ1n) is 5.95. The Kier molecular flexibility index (Phi) is 3.62. The molecule has 2 aliphatic rings. The van der Waals surface area contributed by atoms with Gasteiger partial charge in [0, 0.05) is 0 Å². The van der Waals surface area contributed by atoms with E-state index in [0.717, 1.165) is 24.8 Å². The van der Waals surface area contributed by atoms with Gasteiger partial charge in [-0.3, -0.25) is 10.1 Å². The number of urea groups is 1. The minimum Gasteiger partial charge on any atom is -0.392 e. The Bertz CT molecular complexity index is 441. The van der Waals surface area contributed by atoms with Crippen LogP contribution >= 0.6 is 0 Å². The third-order valence-electron chi connectivity index (χ3n) is 3.25. The number of imide groups is 1. The highest BCUT2D eigenvalue weighted by Gasteiger charge is 2.50. The number of hydrogen-bond donors (Lipinski definition) is 3. The molecule has 5 nitrogen and oxygen atoms in total. The summed E-state index contributed by atoms with van der Waals surface area (Å²) >= 11 is 0. The average Bonchev–Trinajstić information content (AvgIpc) is 2.66. The lowest BCUT2D eigenvalue weighted by Crippen LogP contribution is -2.52. The Balaban J connectivity index is 0.000000138. The Morgan fingerprint density at radius 1 is 1.17 bits per heavy atom. The predicted molar refractivity (Wildman–Crippen MR) is 65.6 cm³/mol. The van der Waals surface area contributed by atoms with Gasteiger partial charge in [0.25, 0.3) is 5.91 Å². The number of benzene rings is 1. The molecule has 1 aliphatic heterocycles. The van der Waals surface area contributed by atoms with E-state index in [9.17, 15) is 9.59 Å². The van der Waals surface area contributed by atoms with Crippen molar-refractivity contribution in [3.63, 3.8) is 0 Å². The molecule has 1 saturated heterocycles. The molecule has 1 saturated carbocycles. The van der Waals surface area contributed by atoms with Gasteiger partial charge in [0.05, 0.1) is 6.61 Å². The first kappa shape index (κ1) is 12.6. The second-order valence-corrected chi connectivity index (χ2v) is 4.49. The van der Waals surface area contributed by atoms with Crippen molar-refractivity contribution >= 4 is 11.9 Å². The third kappa shape index (κ3) is 2.51. The predicted octanol–water partition coefficient (Wildman–Crippen LogP) is 0.927. The van der Waals surface area contributed by atoms with Crippen molar-refractivity contribution in [2.75, 3.05) is 0 Å². The Hall–Kier alpha value is -1.88. The molecular formula is C13H16N2O3. The highest BCUT2D eigenvalue weighted by Crippen LogP contribution is 2.33. The summed E-state index contributed by atoms with van der Waals surface area (Å²) in [6.45, 7) is 0.140. The summed E-state index contributed by atoms with van der Waals surface area (Å²) in [6, 6.07) is 9.18. The molecule has 18 heavy (non-hydrogen) atoms. The maximum atomic E-state index is 11.0. The summed E-state index contributed by atoms with van der Waals surface area (Å²) in [5, 5.41) is 13.4. The Labute approximate surface area is 105 Å². The number of nitrogens with one attached hydrogen (secondary N) is 2. The van der Waals surface area contributed by atoms with Crippen LogP contribution in [0.15, 0.2) is 30.3 Å². The number of hydrogen-bond acceptors (Lipinski definition) is 3. The minimum atomic E-state index is -0.503. The number of aliphatic hydroxyl groups is 1. The summed E-state index contributed by atoms with van der Waals surface area (Å²) in [4.78, 5) is 21.6. The SMILES string of the molecule is O=C1NC(=O)C2(CCC2)N1.OCc1ccccc1. The molecule has 0 aromatic heterocycles. The fourth-order valence-corrected chi connectivity index (χ4v) is 1.99. The first-order valence-corrected chi connectivity index (χ1v) is 5.95. The number of amides is 3. The fraction of sp³-hybridized carbons (Fsp3) is 0.385. The number of rotatable bonds is 1. The molecule has 1 aromatic rings. The lowest BCUT2D eigenvalue weighted by atomic mass is 9.77. The van der Waals surface area contributed by atoms with Crippen molar-refractivity contribution < 1.29 is 14.7 Å². The van der Waals surface area contributed by atoms with Gasteiger partial charge in [-0.25, -0.2) is 4.79 Å². The van der Waals surface area contributed by atoms with Gasteiger partial charge >= 0.3 is 6.03 Å². The van der Waals surface area contributed by atoms with E-state index < -0.39 is 5.54 Å². The van der Waals surface area contributed by atoms with Crippen LogP contribution in [0.2, 0.25) is 0 Å². The van der Waals surface area contributed by atoms with Crippen LogP contribution in [0.1, 0.15) is 24.8 Å². The van der Waals surface area contributed by atoms with E-state index in [2.05, 4.69) is 10.6 Å². The summed E-state index contributed by atoms with van der Waals surface area (Å²) < 4.78 is 0. The van der Waals surface area contributed by atoms with Crippen LogP contribution in [0.25, 0.3) is 0 Å². The second-order valence-electron chi connectivity index (χ2n) is 4.49. The lowest BCUT2D eigenvalue weighted by molar-refractivity contribution is -0.126. The quantitative estimate of drug-likeness (QED) is 0.647. The fourth-order valence-electron chi connectivity index (χ4n) is 1.99. The van der Waals surface area contributed by atoms with E-state index in [1.54, 1.807) is 0 Å². The standard InChI is InChI=1S/C7H8O.C6H8N2O2/c8-6-7-4-2-1-3-5-7;9-4-6(2-1-3-6)8-5(10)7-4/h1-5,8H,6H2;1-3H2,(H2,7,8,9,10). The number of aliphatic hydroxyl groups excluding tert-OH is 1. The monoisotopic (exact) mass is 248 g/mol. The van der Waals surface area contributed by atoms with Crippen LogP contribution in [0.4, 0.5) is 4.79 Å². The number of carbonyl (C=O) groups is 2. The molecule has 2 fully saturated rings. The van der Waals surface area contributed by atoms with Gasteiger partial charge in [-0.15, -0.1) is 0 Å². The van der Waals surface area contributed by atoms with Gasteiger partial charge in [-0.05, 0) is 24.8 Å². The van der Waals surface area contributed by atoms with Crippen molar-refractivity contribution in [1.29, 1.82) is 0 Å². The zero-order chi connectivity index (χ0) is 13.0. The Morgan fingerprint density at radius 3 is 2.11 bits per heavy atom. The van der Waals surface area contributed by atoms with Crippen LogP contribution in [-0.2, 0) is 11.4 Å². The Morgan fingerprint density at radius 2 is 1.83 bits per heavy atom. The number of carbonyl (C=O) groups excluding carboxylic acids is 2. The minimum absolute atomic E-state index is 0.140. The molecule has 96 valence electrons. The van der Waals surface area contributed by atoms with E-state index in [1.165, 1.54) is 0 Å². The molecule has 3 rings (SSSR count). The van der Waals surface area contributed by atoms with Crippen molar-refractivity contribution in [3.05, 3.63) is 35.9 Å². The van der Waals surface area contributed by atoms with Gasteiger partial charge < -0.3 is 10.4 Å². The van der Waals surface area contributed by atoms with Crippen LogP contribution in [0.5, 0.6) is 0 Å². The van der Waals surface area contributed by atoms with Gasteiger partial charge in [0.2, 0.25) is 0 Å². The maximum Gasteiger partial charge on any atom is 0.322 e. The molecule has 0 atom stereocenters. The molecule has 0 unspecified atom stereocenters. The molecule has 3 N–H and O–H groups in total. The summed E-state index contributed by atoms with van der Waals surface area (Å²) in [7, 11) is 0. The van der Waals surface area contributed by atoms with Crippen molar-refractivity contribution in [3.8, 4) is 0 Å². The van der Waals surface area contributed by atoms with Crippen molar-refractivity contribution in [2.45, 2.75) is 31.4 Å². The molecule has 5 heteroatoms. The van der Waals surface area contributed by atoms with Gasteiger partial charge in [0.1, 0.15) is 5.54 Å². The topological polar surface area (TPSA) is 78.4 Å². The first-order chi connectivity index (χ1) is 8.66. The summed E-state index contributed by atoms with van der Waals surface area (Å²) in [5.74, 6) is -0.149. The maximum absolute atomic E-state index is 11.0. The molecule has 0 bridgehead atoms. The van der Waals surface area contributed by atoms with Crippen molar-refractivity contribution in [1.82, 2.24) is 10.6 Å². The van der Waals surface area contributed by atoms with Crippen LogP contribution in [-0.4, -0.2) is 22.6 Å². The normalized spacial score (nSPS) is 19.4. The van der Waals surface area contributed by atoms with Crippen LogP contribution in [0, 0.1) is 0 Å². The molecule has 1 aliphatic carbocycles. The molecular weight excluding hydrogens is 232 g/mol. The molecule has 1 heterocycles. The van der Waals surface area contributed by atoms with Crippen molar-refractivity contribution in [2.24, 2.45) is 0 Å². The molecule has 1 aromatic carbocycles. The molecule has 1 spiro atoms. The second kappa shape index (κ2) is 5.18. The van der Waals surface area contributed by atoms with E-state index >= 15 is 0 Å². The van der Waals surface area contributed by atoms with E-state index in [-0.39, 0.29) is 18.5 Å². The highest BCUT2D eigenvalue weighted by atomic mass is 16.3. The van der Waals surface area contributed by atoms with Crippen LogP contribution in [0.3, 0.4) is 0 Å². The third-order valence-corrected chi connectivity index (χ3v) is 3.25. The van der Waals surface area contributed by atoms with Gasteiger partial charge in [-0.1, -0.05) is 30.3 Å². The molecule has 0 radical (unpaired) electrons.